The molecule has 0 saturated carbocycles. The summed E-state index contributed by atoms with van der Waals surface area (Å²) in [4.78, 5) is 25.6. The summed E-state index contributed by atoms with van der Waals surface area (Å²) in [6, 6.07) is 7.33. The van der Waals surface area contributed by atoms with Crippen molar-refractivity contribution in [3.05, 3.63) is 52.2 Å². The van der Waals surface area contributed by atoms with E-state index in [1.165, 1.54) is 11.3 Å². The van der Waals surface area contributed by atoms with E-state index in [0.29, 0.717) is 16.3 Å². The molecule has 0 bridgehead atoms. The van der Waals surface area contributed by atoms with Gasteiger partial charge in [0, 0.05) is 11.1 Å². The first-order valence-electron chi connectivity index (χ1n) is 7.83. The van der Waals surface area contributed by atoms with E-state index in [4.69, 9.17) is 5.73 Å². The summed E-state index contributed by atoms with van der Waals surface area (Å²) < 4.78 is 1.64. The fourth-order valence-electron chi connectivity index (χ4n) is 3.13. The van der Waals surface area contributed by atoms with Crippen LogP contribution in [0.4, 0.5) is 5.00 Å². The van der Waals surface area contributed by atoms with Crippen LogP contribution in [0.3, 0.4) is 0 Å². The summed E-state index contributed by atoms with van der Waals surface area (Å²) >= 11 is 1.45. The molecule has 122 valence electrons. The number of thiophene rings is 1. The minimum Gasteiger partial charge on any atom is -0.365 e. The van der Waals surface area contributed by atoms with E-state index in [2.05, 4.69) is 10.4 Å². The summed E-state index contributed by atoms with van der Waals surface area (Å²) in [5, 5.41) is 7.63. The van der Waals surface area contributed by atoms with Gasteiger partial charge < -0.3 is 11.1 Å². The molecule has 1 aliphatic rings. The molecule has 3 aromatic heterocycles. The Labute approximate surface area is 142 Å². The first kappa shape index (κ1) is 14.9. The number of nitrogens with one attached hydrogen (secondary N) is 1. The van der Waals surface area contributed by atoms with Crippen molar-refractivity contribution in [2.45, 2.75) is 25.7 Å². The number of pyridine rings is 1. The molecule has 0 aliphatic heterocycles. The molecule has 3 heterocycles. The van der Waals surface area contributed by atoms with Gasteiger partial charge in [-0.3, -0.25) is 9.59 Å². The number of anilines is 1. The quantitative estimate of drug-likeness (QED) is 0.768. The van der Waals surface area contributed by atoms with E-state index in [9.17, 15) is 9.59 Å². The zero-order chi connectivity index (χ0) is 16.7. The first-order chi connectivity index (χ1) is 11.6. The molecule has 0 atom stereocenters. The maximum atomic E-state index is 12.5. The SMILES string of the molecule is NC(=O)c1c(NC(=O)c2cc3ccccn3n2)sc2c1CCCC2. The molecule has 7 heteroatoms. The number of hydrogen-bond donors (Lipinski definition) is 2. The Morgan fingerprint density at radius 2 is 2.08 bits per heavy atom. The van der Waals surface area contributed by atoms with Crippen LogP contribution >= 0.6 is 11.3 Å². The Hall–Kier alpha value is -2.67. The van der Waals surface area contributed by atoms with Crippen LogP contribution in [0.15, 0.2) is 30.5 Å². The van der Waals surface area contributed by atoms with Gasteiger partial charge in [0.1, 0.15) is 5.00 Å². The number of aromatic nitrogens is 2. The predicted octanol–water partition coefficient (Wildman–Crippen LogP) is 2.63. The monoisotopic (exact) mass is 340 g/mol. The zero-order valence-corrected chi connectivity index (χ0v) is 13.7. The second-order valence-electron chi connectivity index (χ2n) is 5.83. The number of rotatable bonds is 3. The van der Waals surface area contributed by atoms with Crippen molar-refractivity contribution in [3.8, 4) is 0 Å². The highest BCUT2D eigenvalue weighted by Gasteiger charge is 2.25. The maximum absolute atomic E-state index is 12.5. The predicted molar refractivity (Wildman–Crippen MR) is 92.6 cm³/mol. The van der Waals surface area contributed by atoms with Crippen LogP contribution in [0, 0.1) is 0 Å². The number of fused-ring (bicyclic) bond motifs is 2. The third-order valence-corrected chi connectivity index (χ3v) is 5.45. The van der Waals surface area contributed by atoms with Crippen LogP contribution in [0.25, 0.3) is 5.52 Å². The Kier molecular flexibility index (Phi) is 3.57. The summed E-state index contributed by atoms with van der Waals surface area (Å²) in [5.74, 6) is -0.820. The van der Waals surface area contributed by atoms with E-state index in [0.717, 1.165) is 41.6 Å². The highest BCUT2D eigenvalue weighted by Crippen LogP contribution is 2.38. The minimum atomic E-state index is -0.486. The fraction of sp³-hybridized carbons (Fsp3) is 0.235. The normalized spacial score (nSPS) is 13.7. The van der Waals surface area contributed by atoms with Gasteiger partial charge >= 0.3 is 0 Å². The topological polar surface area (TPSA) is 89.5 Å². The Balaban J connectivity index is 1.68. The summed E-state index contributed by atoms with van der Waals surface area (Å²) in [6.07, 6.45) is 5.71. The molecule has 0 aromatic carbocycles. The van der Waals surface area contributed by atoms with E-state index in [1.807, 2.05) is 18.2 Å². The minimum absolute atomic E-state index is 0.308. The number of amides is 2. The van der Waals surface area contributed by atoms with Gasteiger partial charge in [-0.25, -0.2) is 4.52 Å². The number of nitrogens with zero attached hydrogens (tertiary/aromatic N) is 2. The van der Waals surface area contributed by atoms with E-state index < -0.39 is 5.91 Å². The van der Waals surface area contributed by atoms with Crippen molar-refractivity contribution >= 4 is 33.7 Å². The van der Waals surface area contributed by atoms with Crippen LogP contribution in [0.1, 0.15) is 44.1 Å². The van der Waals surface area contributed by atoms with E-state index in [-0.39, 0.29) is 5.91 Å². The number of carbonyl (C=O) groups is 2. The first-order valence-corrected chi connectivity index (χ1v) is 8.65. The summed E-state index contributed by atoms with van der Waals surface area (Å²) in [5.41, 5.74) is 8.17. The second kappa shape index (κ2) is 5.76. The average Bonchev–Trinajstić information content (AvgIpc) is 3.15. The van der Waals surface area contributed by atoms with Crippen molar-refractivity contribution in [3.63, 3.8) is 0 Å². The lowest BCUT2D eigenvalue weighted by Gasteiger charge is -2.11. The number of hydrogen-bond acceptors (Lipinski definition) is 4. The number of primary amides is 1. The van der Waals surface area contributed by atoms with Gasteiger partial charge in [-0.15, -0.1) is 11.3 Å². The number of nitrogens with two attached hydrogens (primary N) is 1. The van der Waals surface area contributed by atoms with Crippen LogP contribution in [-0.2, 0) is 12.8 Å². The molecular formula is C17H16N4O2S. The molecule has 4 rings (SSSR count). The molecule has 3 aromatic rings. The zero-order valence-electron chi connectivity index (χ0n) is 12.9. The third kappa shape index (κ3) is 2.46. The summed E-state index contributed by atoms with van der Waals surface area (Å²) in [6.45, 7) is 0. The molecule has 0 spiro atoms. The van der Waals surface area contributed by atoms with Crippen molar-refractivity contribution in [1.29, 1.82) is 0 Å². The molecule has 1 aliphatic carbocycles. The highest BCUT2D eigenvalue weighted by atomic mass is 32.1. The maximum Gasteiger partial charge on any atom is 0.276 e. The van der Waals surface area contributed by atoms with Crippen LogP contribution in [0.2, 0.25) is 0 Å². The molecule has 3 N–H and O–H groups in total. The van der Waals surface area contributed by atoms with Gasteiger partial charge in [-0.05, 0) is 49.4 Å². The Bertz CT molecular complexity index is 924. The van der Waals surface area contributed by atoms with Crippen LogP contribution < -0.4 is 11.1 Å². The average molecular weight is 340 g/mol. The van der Waals surface area contributed by atoms with Gasteiger partial charge in [-0.1, -0.05) is 6.07 Å². The Morgan fingerprint density at radius 1 is 1.25 bits per heavy atom. The lowest BCUT2D eigenvalue weighted by molar-refractivity contribution is 0.100. The molecule has 6 nitrogen and oxygen atoms in total. The van der Waals surface area contributed by atoms with Crippen LogP contribution in [-0.4, -0.2) is 21.4 Å². The highest BCUT2D eigenvalue weighted by molar-refractivity contribution is 7.17. The molecule has 0 unspecified atom stereocenters. The Morgan fingerprint density at radius 3 is 2.88 bits per heavy atom. The van der Waals surface area contributed by atoms with Gasteiger partial charge in [0.25, 0.3) is 11.8 Å². The number of aryl methyl sites for hydroxylation is 1. The number of carbonyl (C=O) groups excluding carboxylic acids is 2. The molecule has 0 radical (unpaired) electrons. The van der Waals surface area contributed by atoms with Crippen LogP contribution in [0.5, 0.6) is 0 Å². The third-order valence-electron chi connectivity index (χ3n) is 4.25. The largest absolute Gasteiger partial charge is 0.365 e. The lowest BCUT2D eigenvalue weighted by Crippen LogP contribution is -2.18. The van der Waals surface area contributed by atoms with E-state index >= 15 is 0 Å². The van der Waals surface area contributed by atoms with Crippen molar-refractivity contribution in [2.75, 3.05) is 5.32 Å². The lowest BCUT2D eigenvalue weighted by atomic mass is 9.95. The van der Waals surface area contributed by atoms with Gasteiger partial charge in [0.15, 0.2) is 5.69 Å². The molecule has 0 saturated heterocycles. The van der Waals surface area contributed by atoms with Gasteiger partial charge in [-0.2, -0.15) is 5.10 Å². The smallest absolute Gasteiger partial charge is 0.276 e. The van der Waals surface area contributed by atoms with E-state index in [1.54, 1.807) is 16.8 Å². The molecule has 0 fully saturated rings. The van der Waals surface area contributed by atoms with Gasteiger partial charge in [0.2, 0.25) is 0 Å². The molecular weight excluding hydrogens is 324 g/mol. The molecule has 2 amide bonds. The second-order valence-corrected chi connectivity index (χ2v) is 6.94. The summed E-state index contributed by atoms with van der Waals surface area (Å²) in [7, 11) is 0. The van der Waals surface area contributed by atoms with Crippen molar-refractivity contribution < 1.29 is 9.59 Å². The van der Waals surface area contributed by atoms with Crippen molar-refractivity contribution in [1.82, 2.24) is 9.61 Å². The van der Waals surface area contributed by atoms with Gasteiger partial charge in [0.05, 0.1) is 11.1 Å². The molecule has 24 heavy (non-hydrogen) atoms. The fourth-order valence-corrected chi connectivity index (χ4v) is 4.42. The standard InChI is InChI=1S/C17H16N4O2S/c18-15(22)14-11-6-1-2-7-13(11)24-17(14)19-16(23)12-9-10-5-3-4-8-21(10)20-12/h3-5,8-9H,1-2,6-7H2,(H2,18,22)(H,19,23). The van der Waals surface area contributed by atoms with Crippen molar-refractivity contribution in [2.24, 2.45) is 5.73 Å².